The molecule has 8 heteroatoms. The number of anilines is 1. The van der Waals surface area contributed by atoms with Gasteiger partial charge in [0, 0.05) is 30.1 Å². The van der Waals surface area contributed by atoms with Crippen LogP contribution in [0, 0.1) is 0 Å². The van der Waals surface area contributed by atoms with Crippen molar-refractivity contribution in [2.24, 2.45) is 7.05 Å². The lowest BCUT2D eigenvalue weighted by Crippen LogP contribution is -2.29. The van der Waals surface area contributed by atoms with Crippen LogP contribution in [-0.2, 0) is 20.0 Å². The second-order valence-electron chi connectivity index (χ2n) is 5.97. The molecule has 0 saturated heterocycles. The summed E-state index contributed by atoms with van der Waals surface area (Å²) in [6.07, 6.45) is 3.96. The highest BCUT2D eigenvalue weighted by molar-refractivity contribution is 7.15. The maximum atomic E-state index is 12.9. The number of nitrogens with two attached hydrogens (primary N) is 1. The summed E-state index contributed by atoms with van der Waals surface area (Å²) in [5.74, 6) is 0.0193. The molecule has 4 rings (SSSR count). The first-order valence-corrected chi connectivity index (χ1v) is 9.00. The molecule has 0 aliphatic carbocycles. The van der Waals surface area contributed by atoms with Crippen LogP contribution in [0.5, 0.6) is 0 Å². The number of nitrogen functional groups attached to an aromatic ring is 1. The lowest BCUT2D eigenvalue weighted by molar-refractivity contribution is 0.0710. The van der Waals surface area contributed by atoms with Gasteiger partial charge in [0.2, 0.25) is 0 Å². The summed E-state index contributed by atoms with van der Waals surface area (Å²) in [5.41, 5.74) is 8.39. The van der Waals surface area contributed by atoms with Gasteiger partial charge in [0.05, 0.1) is 29.5 Å². The Morgan fingerprint density at radius 1 is 1.32 bits per heavy atom. The molecule has 1 unspecified atom stereocenters. The van der Waals surface area contributed by atoms with Gasteiger partial charge in [0.25, 0.3) is 5.91 Å². The summed E-state index contributed by atoms with van der Waals surface area (Å²) >= 11 is 7.69. The Hall–Kier alpha value is -2.38. The fourth-order valence-electron chi connectivity index (χ4n) is 3.26. The molecule has 25 heavy (non-hydrogen) atoms. The van der Waals surface area contributed by atoms with E-state index in [1.807, 2.05) is 36.2 Å². The Balaban J connectivity index is 1.72. The van der Waals surface area contributed by atoms with E-state index in [0.717, 1.165) is 21.7 Å². The maximum absolute atomic E-state index is 12.9. The van der Waals surface area contributed by atoms with Gasteiger partial charge >= 0.3 is 0 Å². The van der Waals surface area contributed by atoms with Gasteiger partial charge in [0.1, 0.15) is 0 Å². The zero-order valence-corrected chi connectivity index (χ0v) is 15.1. The molecular formula is C17H16ClN5OS. The van der Waals surface area contributed by atoms with E-state index >= 15 is 0 Å². The number of fused-ring (bicyclic) bond motifs is 1. The number of benzene rings is 1. The van der Waals surface area contributed by atoms with Crippen LogP contribution >= 0.6 is 22.9 Å². The van der Waals surface area contributed by atoms with Crippen molar-refractivity contribution in [3.05, 3.63) is 63.4 Å². The molecule has 2 N–H and O–H groups in total. The summed E-state index contributed by atoms with van der Waals surface area (Å²) in [6, 6.07) is 7.62. The van der Waals surface area contributed by atoms with Gasteiger partial charge in [0.15, 0.2) is 5.13 Å². The molecular weight excluding hydrogens is 358 g/mol. The molecule has 0 spiro atoms. The van der Waals surface area contributed by atoms with Crippen molar-refractivity contribution in [2.75, 3.05) is 5.73 Å². The Kier molecular flexibility index (Phi) is 3.97. The molecule has 0 radical (unpaired) electrons. The van der Waals surface area contributed by atoms with E-state index in [1.54, 1.807) is 17.1 Å². The number of thiazole rings is 1. The van der Waals surface area contributed by atoms with Crippen LogP contribution in [0.2, 0.25) is 5.02 Å². The fraction of sp³-hybridized carbons (Fsp3) is 0.235. The Morgan fingerprint density at radius 3 is 2.80 bits per heavy atom. The van der Waals surface area contributed by atoms with Crippen LogP contribution in [0.15, 0.2) is 36.7 Å². The van der Waals surface area contributed by atoms with Gasteiger partial charge in [-0.25, -0.2) is 4.98 Å². The lowest BCUT2D eigenvalue weighted by Gasteiger charge is -2.25. The third-order valence-corrected chi connectivity index (χ3v) is 5.61. The predicted octanol–water partition coefficient (Wildman–Crippen LogP) is 3.05. The number of amides is 1. The topological polar surface area (TPSA) is 77.0 Å². The zero-order valence-electron chi connectivity index (χ0n) is 13.5. The van der Waals surface area contributed by atoms with E-state index in [-0.39, 0.29) is 11.9 Å². The first-order valence-electron chi connectivity index (χ1n) is 7.81. The minimum Gasteiger partial charge on any atom is -0.375 e. The quantitative estimate of drug-likeness (QED) is 0.762. The monoisotopic (exact) mass is 373 g/mol. The van der Waals surface area contributed by atoms with Crippen molar-refractivity contribution >= 4 is 34.0 Å². The smallest absolute Gasteiger partial charge is 0.255 e. The van der Waals surface area contributed by atoms with Gasteiger partial charge < -0.3 is 10.6 Å². The van der Waals surface area contributed by atoms with Gasteiger partial charge in [-0.3, -0.25) is 9.48 Å². The first-order chi connectivity index (χ1) is 12.0. The van der Waals surface area contributed by atoms with E-state index in [1.165, 1.54) is 11.3 Å². The molecule has 0 saturated carbocycles. The van der Waals surface area contributed by atoms with Crippen LogP contribution in [-0.4, -0.2) is 25.6 Å². The lowest BCUT2D eigenvalue weighted by atomic mass is 10.0. The van der Waals surface area contributed by atoms with E-state index in [4.69, 9.17) is 17.3 Å². The number of rotatable bonds is 4. The number of hydrogen-bond acceptors (Lipinski definition) is 5. The maximum Gasteiger partial charge on any atom is 0.255 e. The van der Waals surface area contributed by atoms with Gasteiger partial charge in [-0.15, -0.1) is 11.3 Å². The normalized spacial score (nSPS) is 16.5. The second-order valence-corrected chi connectivity index (χ2v) is 7.52. The minimum atomic E-state index is -0.0973. The zero-order chi connectivity index (χ0) is 17.6. The highest BCUT2D eigenvalue weighted by atomic mass is 35.5. The van der Waals surface area contributed by atoms with E-state index in [9.17, 15) is 4.79 Å². The van der Waals surface area contributed by atoms with Crippen molar-refractivity contribution < 1.29 is 4.79 Å². The molecule has 1 aliphatic rings. The molecule has 6 nitrogen and oxygen atoms in total. The summed E-state index contributed by atoms with van der Waals surface area (Å²) in [5, 5.41) is 5.32. The van der Waals surface area contributed by atoms with Crippen molar-refractivity contribution in [3.63, 3.8) is 0 Å². The van der Waals surface area contributed by atoms with Crippen LogP contribution < -0.4 is 5.73 Å². The van der Waals surface area contributed by atoms with Crippen LogP contribution in [0.25, 0.3) is 0 Å². The first kappa shape index (κ1) is 16.1. The summed E-state index contributed by atoms with van der Waals surface area (Å²) < 4.78 is 1.76. The second kappa shape index (κ2) is 6.16. The SMILES string of the molecule is Cn1ncc(Cl)c1CC1c2ccccc2C(=O)N1Cc1cnc(N)s1. The molecule has 1 amide bonds. The Morgan fingerprint density at radius 2 is 2.12 bits per heavy atom. The van der Waals surface area contributed by atoms with Crippen LogP contribution in [0.3, 0.4) is 0 Å². The van der Waals surface area contributed by atoms with Gasteiger partial charge in [-0.05, 0) is 11.6 Å². The molecule has 128 valence electrons. The van der Waals surface area contributed by atoms with E-state index < -0.39 is 0 Å². The molecule has 1 aliphatic heterocycles. The standard InChI is InChI=1S/C17H16ClN5OS/c1-22-15(13(18)8-21-22)6-14-11-4-2-3-5-12(11)16(24)23(14)9-10-7-20-17(19)25-10/h2-5,7-8,14H,6,9H2,1H3,(H2,19,20). The number of halogens is 1. The fourth-order valence-corrected chi connectivity index (χ4v) is 4.19. The van der Waals surface area contributed by atoms with Crippen LogP contribution in [0.4, 0.5) is 5.13 Å². The van der Waals surface area contributed by atoms with Crippen molar-refractivity contribution in [2.45, 2.75) is 19.0 Å². The Labute approximate surface area is 153 Å². The number of nitrogens with zero attached hydrogens (tertiary/aromatic N) is 4. The molecule has 3 heterocycles. The molecule has 3 aromatic rings. The van der Waals surface area contributed by atoms with Crippen molar-refractivity contribution in [3.8, 4) is 0 Å². The molecule has 0 fully saturated rings. The Bertz CT molecular complexity index is 931. The number of carbonyl (C=O) groups is 1. The number of hydrogen-bond donors (Lipinski definition) is 1. The molecule has 1 aromatic carbocycles. The summed E-state index contributed by atoms with van der Waals surface area (Å²) in [4.78, 5) is 19.8. The van der Waals surface area contributed by atoms with E-state index in [2.05, 4.69) is 10.1 Å². The third-order valence-electron chi connectivity index (χ3n) is 4.48. The van der Waals surface area contributed by atoms with E-state index in [0.29, 0.717) is 23.1 Å². The largest absolute Gasteiger partial charge is 0.375 e. The van der Waals surface area contributed by atoms with Crippen molar-refractivity contribution in [1.82, 2.24) is 19.7 Å². The van der Waals surface area contributed by atoms with Gasteiger partial charge in [-0.1, -0.05) is 29.8 Å². The van der Waals surface area contributed by atoms with Gasteiger partial charge in [-0.2, -0.15) is 5.10 Å². The third kappa shape index (κ3) is 2.79. The average molecular weight is 374 g/mol. The average Bonchev–Trinajstić information content (AvgIpc) is 3.23. The summed E-state index contributed by atoms with van der Waals surface area (Å²) in [6.45, 7) is 0.475. The van der Waals surface area contributed by atoms with Crippen LogP contribution in [0.1, 0.15) is 32.5 Å². The number of aryl methyl sites for hydroxylation is 1. The summed E-state index contributed by atoms with van der Waals surface area (Å²) in [7, 11) is 1.86. The molecule has 0 bridgehead atoms. The number of aromatic nitrogens is 3. The van der Waals surface area contributed by atoms with Crippen molar-refractivity contribution in [1.29, 1.82) is 0 Å². The predicted molar refractivity (Wildman–Crippen MR) is 97.5 cm³/mol. The molecule has 2 aromatic heterocycles. The highest BCUT2D eigenvalue weighted by Gasteiger charge is 2.37. The highest BCUT2D eigenvalue weighted by Crippen LogP contribution is 2.38. The minimum absolute atomic E-state index is 0.0193. The molecule has 1 atom stereocenters. The number of carbonyl (C=O) groups excluding carboxylic acids is 1.